The maximum Gasteiger partial charge on any atom is 0.232 e. The third-order valence-electron chi connectivity index (χ3n) is 2.68. The molecule has 1 aliphatic heterocycles. The van der Waals surface area contributed by atoms with Crippen LogP contribution in [0.5, 0.6) is 0 Å². The molecule has 1 saturated carbocycles. The molecule has 1 heterocycles. The maximum atomic E-state index is 11.3. The minimum atomic E-state index is -0.141. The topological polar surface area (TPSA) is 46.2 Å². The Morgan fingerprint density at radius 3 is 2.23 bits per heavy atom. The first-order valence-electron chi connectivity index (χ1n) is 4.82. The van der Waals surface area contributed by atoms with Gasteiger partial charge in [0, 0.05) is 0 Å². The van der Waals surface area contributed by atoms with Gasteiger partial charge in [0.25, 0.3) is 0 Å². The van der Waals surface area contributed by atoms with E-state index in [4.69, 9.17) is 0 Å². The summed E-state index contributed by atoms with van der Waals surface area (Å²) < 4.78 is 0. The highest BCUT2D eigenvalue weighted by atomic mass is 16.2. The Balaban J connectivity index is 2.21. The lowest BCUT2D eigenvalue weighted by Gasteiger charge is -2.15. The summed E-state index contributed by atoms with van der Waals surface area (Å²) in [6.45, 7) is 0. The van der Waals surface area contributed by atoms with Crippen molar-refractivity contribution in [2.75, 3.05) is 0 Å². The Morgan fingerprint density at radius 1 is 1.00 bits per heavy atom. The first-order valence-corrected chi connectivity index (χ1v) is 4.82. The summed E-state index contributed by atoms with van der Waals surface area (Å²) in [6.07, 6.45) is 5.59. The SMILES string of the molecule is O=C1CC(=O)C(=C2CCCCC2)N1. The minimum Gasteiger partial charge on any atom is -0.323 e. The first-order chi connectivity index (χ1) is 6.27. The average molecular weight is 179 g/mol. The van der Waals surface area contributed by atoms with Gasteiger partial charge < -0.3 is 5.32 Å². The minimum absolute atomic E-state index is 0.0121. The summed E-state index contributed by atoms with van der Waals surface area (Å²) in [5.74, 6) is -0.153. The van der Waals surface area contributed by atoms with Crippen molar-refractivity contribution in [1.29, 1.82) is 0 Å². The van der Waals surface area contributed by atoms with Crippen LogP contribution in [0.15, 0.2) is 11.3 Å². The molecular weight excluding hydrogens is 166 g/mol. The summed E-state index contributed by atoms with van der Waals surface area (Å²) in [5, 5.41) is 2.66. The van der Waals surface area contributed by atoms with Crippen molar-refractivity contribution in [2.45, 2.75) is 38.5 Å². The van der Waals surface area contributed by atoms with Crippen LogP contribution in [0.2, 0.25) is 0 Å². The van der Waals surface area contributed by atoms with Crippen LogP contribution in [0, 0.1) is 0 Å². The molecular formula is C10H13NO2. The molecule has 1 amide bonds. The van der Waals surface area contributed by atoms with Gasteiger partial charge in [0.2, 0.25) is 5.91 Å². The van der Waals surface area contributed by atoms with E-state index in [0.717, 1.165) is 25.7 Å². The van der Waals surface area contributed by atoms with Crippen molar-refractivity contribution in [1.82, 2.24) is 5.32 Å². The van der Waals surface area contributed by atoms with Crippen LogP contribution in [-0.4, -0.2) is 11.7 Å². The highest BCUT2D eigenvalue weighted by molar-refractivity contribution is 6.15. The van der Waals surface area contributed by atoms with E-state index in [0.29, 0.717) is 5.70 Å². The lowest BCUT2D eigenvalue weighted by atomic mass is 9.92. The molecule has 0 aromatic carbocycles. The number of ketones is 1. The van der Waals surface area contributed by atoms with Crippen molar-refractivity contribution >= 4 is 11.7 Å². The van der Waals surface area contributed by atoms with E-state index in [1.807, 2.05) is 0 Å². The highest BCUT2D eigenvalue weighted by Crippen LogP contribution is 2.27. The number of carbonyl (C=O) groups excluding carboxylic acids is 2. The number of amides is 1. The lowest BCUT2D eigenvalue weighted by molar-refractivity contribution is -0.121. The number of hydrogen-bond donors (Lipinski definition) is 1. The number of nitrogens with one attached hydrogen (secondary N) is 1. The van der Waals surface area contributed by atoms with Crippen molar-refractivity contribution in [3.05, 3.63) is 11.3 Å². The first kappa shape index (κ1) is 8.48. The molecule has 1 N–H and O–H groups in total. The Morgan fingerprint density at radius 2 is 1.69 bits per heavy atom. The number of carbonyl (C=O) groups is 2. The van der Waals surface area contributed by atoms with E-state index < -0.39 is 0 Å². The molecule has 1 aliphatic carbocycles. The highest BCUT2D eigenvalue weighted by Gasteiger charge is 2.27. The zero-order chi connectivity index (χ0) is 9.26. The third kappa shape index (κ3) is 1.64. The largest absolute Gasteiger partial charge is 0.323 e. The molecule has 2 rings (SSSR count). The van der Waals surface area contributed by atoms with Gasteiger partial charge in [-0.25, -0.2) is 0 Å². The molecule has 0 spiro atoms. The molecule has 0 aromatic rings. The van der Waals surface area contributed by atoms with E-state index in [1.165, 1.54) is 12.0 Å². The molecule has 13 heavy (non-hydrogen) atoms. The predicted molar refractivity (Wildman–Crippen MR) is 47.9 cm³/mol. The maximum absolute atomic E-state index is 11.3. The quantitative estimate of drug-likeness (QED) is 0.450. The number of allylic oxidation sites excluding steroid dienone is 2. The predicted octanol–water partition coefficient (Wildman–Crippen LogP) is 1.29. The van der Waals surface area contributed by atoms with Crippen molar-refractivity contribution in [2.24, 2.45) is 0 Å². The van der Waals surface area contributed by atoms with Gasteiger partial charge in [-0.2, -0.15) is 0 Å². The Kier molecular flexibility index (Phi) is 2.17. The van der Waals surface area contributed by atoms with Gasteiger partial charge in [0.05, 0.1) is 12.1 Å². The normalized spacial score (nSPS) is 23.7. The second kappa shape index (κ2) is 3.32. The second-order valence-corrected chi connectivity index (χ2v) is 3.69. The van der Waals surface area contributed by atoms with Crippen molar-refractivity contribution in [3.63, 3.8) is 0 Å². The molecule has 0 atom stereocenters. The van der Waals surface area contributed by atoms with Crippen LogP contribution in [0.1, 0.15) is 38.5 Å². The Labute approximate surface area is 77.2 Å². The second-order valence-electron chi connectivity index (χ2n) is 3.69. The Hall–Kier alpha value is -1.12. The third-order valence-corrected chi connectivity index (χ3v) is 2.68. The zero-order valence-corrected chi connectivity index (χ0v) is 7.56. The molecule has 0 radical (unpaired) electrons. The Bertz CT molecular complexity index is 283. The molecule has 2 fully saturated rings. The van der Waals surface area contributed by atoms with Crippen LogP contribution < -0.4 is 5.32 Å². The van der Waals surface area contributed by atoms with E-state index >= 15 is 0 Å². The fourth-order valence-electron chi connectivity index (χ4n) is 2.00. The molecule has 2 aliphatic rings. The summed E-state index contributed by atoms with van der Waals surface area (Å²) >= 11 is 0. The smallest absolute Gasteiger partial charge is 0.232 e. The van der Waals surface area contributed by atoms with E-state index in [1.54, 1.807) is 0 Å². The summed E-state index contributed by atoms with van der Waals surface area (Å²) in [7, 11) is 0. The molecule has 0 bridgehead atoms. The number of hydrogen-bond acceptors (Lipinski definition) is 2. The van der Waals surface area contributed by atoms with E-state index in [9.17, 15) is 9.59 Å². The number of Topliss-reactive ketones (excluding diaryl/α,β-unsaturated/α-hetero) is 1. The van der Waals surface area contributed by atoms with Crippen molar-refractivity contribution in [3.8, 4) is 0 Å². The van der Waals surface area contributed by atoms with Gasteiger partial charge in [0.1, 0.15) is 0 Å². The standard InChI is InChI=1S/C10H13NO2/c12-8-6-9(13)11-10(8)7-4-2-1-3-5-7/h1-6H2,(H,11,13). The van der Waals surface area contributed by atoms with Gasteiger partial charge in [-0.05, 0) is 31.3 Å². The van der Waals surface area contributed by atoms with Crippen LogP contribution >= 0.6 is 0 Å². The molecule has 3 heteroatoms. The summed E-state index contributed by atoms with van der Waals surface area (Å²) in [6, 6.07) is 0. The van der Waals surface area contributed by atoms with Gasteiger partial charge in [-0.1, -0.05) is 6.42 Å². The van der Waals surface area contributed by atoms with Gasteiger partial charge in [-0.3, -0.25) is 9.59 Å². The van der Waals surface area contributed by atoms with Gasteiger partial charge in [0.15, 0.2) is 5.78 Å². The lowest BCUT2D eigenvalue weighted by Crippen LogP contribution is -2.16. The average Bonchev–Trinajstić information content (AvgIpc) is 2.47. The molecule has 70 valence electrons. The summed E-state index contributed by atoms with van der Waals surface area (Å²) in [4.78, 5) is 22.3. The monoisotopic (exact) mass is 179 g/mol. The number of rotatable bonds is 0. The van der Waals surface area contributed by atoms with Crippen LogP contribution in [0.3, 0.4) is 0 Å². The van der Waals surface area contributed by atoms with Gasteiger partial charge >= 0.3 is 0 Å². The van der Waals surface area contributed by atoms with Crippen LogP contribution in [0.25, 0.3) is 0 Å². The molecule has 1 saturated heterocycles. The van der Waals surface area contributed by atoms with Crippen molar-refractivity contribution < 1.29 is 9.59 Å². The van der Waals surface area contributed by atoms with Gasteiger partial charge in [-0.15, -0.1) is 0 Å². The fourth-order valence-corrected chi connectivity index (χ4v) is 2.00. The zero-order valence-electron chi connectivity index (χ0n) is 7.56. The molecule has 0 aromatic heterocycles. The van der Waals surface area contributed by atoms with E-state index in [2.05, 4.69) is 5.32 Å². The van der Waals surface area contributed by atoms with E-state index in [-0.39, 0.29) is 18.1 Å². The summed E-state index contributed by atoms with van der Waals surface area (Å²) in [5.41, 5.74) is 1.78. The van der Waals surface area contributed by atoms with Crippen LogP contribution in [0.4, 0.5) is 0 Å². The molecule has 0 unspecified atom stereocenters. The van der Waals surface area contributed by atoms with Crippen LogP contribution in [-0.2, 0) is 9.59 Å². The fraction of sp³-hybridized carbons (Fsp3) is 0.600. The molecule has 3 nitrogen and oxygen atoms in total.